The van der Waals surface area contributed by atoms with Gasteiger partial charge in [0.25, 0.3) is 0 Å². The first-order chi connectivity index (χ1) is 5.83. The maximum atomic E-state index is 13.0. The lowest BCUT2D eigenvalue weighted by molar-refractivity contribution is 0.631. The number of hydrogen-bond acceptors (Lipinski definition) is 1. The van der Waals surface area contributed by atoms with Crippen molar-refractivity contribution < 1.29 is 4.39 Å². The summed E-state index contributed by atoms with van der Waals surface area (Å²) in [6.07, 6.45) is 2.15. The normalized spacial score (nSPS) is 15.7. The molecule has 1 aromatic rings. The van der Waals surface area contributed by atoms with Crippen molar-refractivity contribution in [3.63, 3.8) is 0 Å². The minimum Gasteiger partial charge on any atom is -0.198 e. The Labute approximate surface area is 69.6 Å². The minimum absolute atomic E-state index is 0.111. The Bertz CT molecular complexity index is 350. The van der Waals surface area contributed by atoms with Gasteiger partial charge < -0.3 is 0 Å². The van der Waals surface area contributed by atoms with E-state index in [0.717, 1.165) is 18.4 Å². The molecule has 0 heterocycles. The van der Waals surface area contributed by atoms with Gasteiger partial charge in [-0.05, 0) is 24.8 Å². The van der Waals surface area contributed by atoms with Gasteiger partial charge in [0.05, 0.1) is 5.56 Å². The van der Waals surface area contributed by atoms with Crippen molar-refractivity contribution >= 4 is 5.69 Å². The van der Waals surface area contributed by atoms with Crippen LogP contribution in [0.15, 0.2) is 18.2 Å². The number of rotatable bonds is 1. The Morgan fingerprint density at radius 3 is 2.75 bits per heavy atom. The van der Waals surface area contributed by atoms with E-state index < -0.39 is 5.82 Å². The van der Waals surface area contributed by atoms with Crippen molar-refractivity contribution in [2.75, 3.05) is 0 Å². The molecule has 0 amide bonds. The van der Waals surface area contributed by atoms with Gasteiger partial charge in [0, 0.05) is 0 Å². The van der Waals surface area contributed by atoms with E-state index in [2.05, 4.69) is 4.98 Å². The molecule has 1 fully saturated rings. The number of hydrogen-bond donors (Lipinski definition) is 0. The summed E-state index contributed by atoms with van der Waals surface area (Å²) >= 11 is 0. The summed E-state index contributed by atoms with van der Waals surface area (Å²) < 4.78 is 13.0. The van der Waals surface area contributed by atoms with Crippen LogP contribution in [0.2, 0.25) is 0 Å². The number of nitrogens with zero attached hydrogens (tertiary/aromatic N) is 2. The molecule has 3 heteroatoms. The zero-order valence-corrected chi connectivity index (χ0v) is 6.50. The molecule has 0 unspecified atom stereocenters. The fourth-order valence-corrected chi connectivity index (χ4v) is 1.36. The molecule has 2 rings (SSSR count). The topological polar surface area (TPSA) is 28.1 Å². The third-order valence-corrected chi connectivity index (χ3v) is 2.14. The van der Waals surface area contributed by atoms with Crippen molar-refractivity contribution in [2.24, 2.45) is 0 Å². The van der Waals surface area contributed by atoms with Gasteiger partial charge >= 0.3 is 5.69 Å². The number of benzene rings is 1. The van der Waals surface area contributed by atoms with Gasteiger partial charge in [0.1, 0.15) is 0 Å². The van der Waals surface area contributed by atoms with Gasteiger partial charge in [0.15, 0.2) is 4.98 Å². The van der Waals surface area contributed by atoms with E-state index in [1.54, 1.807) is 6.07 Å². The van der Waals surface area contributed by atoms with Crippen molar-refractivity contribution in [3.05, 3.63) is 34.6 Å². The summed E-state index contributed by atoms with van der Waals surface area (Å²) in [5.74, 6) is -0.0338. The molecule has 1 saturated carbocycles. The number of halogens is 1. The molecule has 2 nitrogen and oxygen atoms in total. The van der Waals surface area contributed by atoms with Gasteiger partial charge in [0.2, 0.25) is 11.2 Å². The van der Waals surface area contributed by atoms with Crippen LogP contribution in [0.25, 0.3) is 4.98 Å². The third-order valence-electron chi connectivity index (χ3n) is 2.14. The van der Waals surface area contributed by atoms with Crippen LogP contribution >= 0.6 is 0 Å². The fraction of sp³-hybridized carbons (Fsp3) is 0.333. The zero-order valence-electron chi connectivity index (χ0n) is 6.50. The van der Waals surface area contributed by atoms with Gasteiger partial charge in [-0.25, -0.2) is 0 Å². The maximum Gasteiger partial charge on any atom is 0.423 e. The molecule has 0 aliphatic heterocycles. The largest absolute Gasteiger partial charge is 0.423 e. The molecule has 0 saturated heterocycles. The van der Waals surface area contributed by atoms with Crippen molar-refractivity contribution in [2.45, 2.75) is 18.8 Å². The second-order valence-corrected chi connectivity index (χ2v) is 3.05. The van der Waals surface area contributed by atoms with Crippen molar-refractivity contribution in [3.8, 4) is 0 Å². The summed E-state index contributed by atoms with van der Waals surface area (Å²) in [6, 6.07) is 4.77. The van der Waals surface area contributed by atoms with Crippen LogP contribution in [-0.2, 0) is 0 Å². The highest BCUT2D eigenvalue weighted by Gasteiger charge is 2.33. The summed E-state index contributed by atoms with van der Waals surface area (Å²) in [5.41, 5.74) is 0.942. The molecular formula is C9H8FN2+. The highest BCUT2D eigenvalue weighted by atomic mass is 19.1. The maximum absolute atomic E-state index is 13.0. The highest BCUT2D eigenvalue weighted by molar-refractivity contribution is 5.55. The zero-order chi connectivity index (χ0) is 8.55. The molecule has 0 radical (unpaired) electrons. The van der Waals surface area contributed by atoms with E-state index >= 15 is 0 Å². The SMILES string of the molecule is N#[N+]c1c(F)cccc1C1CC1. The Balaban J connectivity index is 2.53. The van der Waals surface area contributed by atoms with E-state index in [1.807, 2.05) is 6.07 Å². The minimum atomic E-state index is -0.443. The van der Waals surface area contributed by atoms with Gasteiger partial charge in [-0.15, -0.1) is 0 Å². The Kier molecular flexibility index (Phi) is 1.54. The lowest BCUT2D eigenvalue weighted by Crippen LogP contribution is -1.82. The molecular weight excluding hydrogens is 155 g/mol. The summed E-state index contributed by atoms with van der Waals surface area (Å²) in [7, 11) is 0. The first-order valence-corrected chi connectivity index (χ1v) is 3.96. The lowest BCUT2D eigenvalue weighted by atomic mass is 10.1. The molecule has 1 aliphatic rings. The Hall–Kier alpha value is -1.43. The predicted octanol–water partition coefficient (Wildman–Crippen LogP) is 3.19. The van der Waals surface area contributed by atoms with E-state index in [-0.39, 0.29) is 5.69 Å². The van der Waals surface area contributed by atoms with Crippen LogP contribution in [0.3, 0.4) is 0 Å². The van der Waals surface area contributed by atoms with E-state index in [4.69, 9.17) is 5.39 Å². The first kappa shape index (κ1) is 7.23. The third kappa shape index (κ3) is 1.06. The van der Waals surface area contributed by atoms with Crippen LogP contribution in [-0.4, -0.2) is 0 Å². The molecule has 1 aromatic carbocycles. The van der Waals surface area contributed by atoms with E-state index in [0.29, 0.717) is 5.92 Å². The fourth-order valence-electron chi connectivity index (χ4n) is 1.36. The van der Waals surface area contributed by atoms with Crippen LogP contribution in [0.4, 0.5) is 10.1 Å². The van der Waals surface area contributed by atoms with Crippen LogP contribution in [0.5, 0.6) is 0 Å². The van der Waals surface area contributed by atoms with Crippen LogP contribution in [0.1, 0.15) is 24.3 Å². The first-order valence-electron chi connectivity index (χ1n) is 3.96. The summed E-state index contributed by atoms with van der Waals surface area (Å²) in [5, 5.41) is 8.56. The molecule has 0 N–H and O–H groups in total. The van der Waals surface area contributed by atoms with Gasteiger partial charge in [-0.3, -0.25) is 0 Å². The van der Waals surface area contributed by atoms with Crippen LogP contribution < -0.4 is 0 Å². The second-order valence-electron chi connectivity index (χ2n) is 3.05. The van der Waals surface area contributed by atoms with Gasteiger partial charge in [-0.2, -0.15) is 4.39 Å². The molecule has 0 spiro atoms. The molecule has 1 aliphatic carbocycles. The molecule has 0 bridgehead atoms. The van der Waals surface area contributed by atoms with E-state index in [1.165, 1.54) is 6.07 Å². The smallest absolute Gasteiger partial charge is 0.198 e. The van der Waals surface area contributed by atoms with E-state index in [9.17, 15) is 4.39 Å². The lowest BCUT2D eigenvalue weighted by Gasteiger charge is -1.91. The average Bonchev–Trinajstić information content (AvgIpc) is 2.86. The standard InChI is InChI=1S/C9H8FN2/c10-8-3-1-2-7(6-4-5-6)9(8)12-11/h1-3,6H,4-5H2/q+1. The summed E-state index contributed by atoms with van der Waals surface area (Å²) in [4.78, 5) is 2.96. The quantitative estimate of drug-likeness (QED) is 0.584. The second kappa shape index (κ2) is 2.56. The molecule has 0 aromatic heterocycles. The van der Waals surface area contributed by atoms with Gasteiger partial charge in [-0.1, -0.05) is 12.1 Å². The summed E-state index contributed by atoms with van der Waals surface area (Å²) in [6.45, 7) is 0. The average molecular weight is 163 g/mol. The molecule has 60 valence electrons. The number of diazo groups is 1. The monoisotopic (exact) mass is 163 g/mol. The van der Waals surface area contributed by atoms with Crippen molar-refractivity contribution in [1.82, 2.24) is 0 Å². The molecule has 0 atom stereocenters. The Morgan fingerprint density at radius 1 is 1.42 bits per heavy atom. The van der Waals surface area contributed by atoms with Crippen LogP contribution in [0, 0.1) is 11.2 Å². The Morgan fingerprint density at radius 2 is 2.17 bits per heavy atom. The predicted molar refractivity (Wildman–Crippen MR) is 43.1 cm³/mol. The highest BCUT2D eigenvalue weighted by Crippen LogP contribution is 2.44. The molecule has 12 heavy (non-hydrogen) atoms. The van der Waals surface area contributed by atoms with Crippen molar-refractivity contribution in [1.29, 1.82) is 5.39 Å².